The molecular weight excluding hydrogens is 341 g/mol. The number of esters is 1. The van der Waals surface area contributed by atoms with E-state index < -0.39 is 24.2 Å². The van der Waals surface area contributed by atoms with Gasteiger partial charge in [-0.05, 0) is 45.7 Å². The van der Waals surface area contributed by atoms with Gasteiger partial charge in [-0.25, -0.2) is 0 Å². The monoisotopic (exact) mass is 367 g/mol. The summed E-state index contributed by atoms with van der Waals surface area (Å²) in [6, 6.07) is 13.6. The predicted octanol–water partition coefficient (Wildman–Crippen LogP) is 2.88. The summed E-state index contributed by atoms with van der Waals surface area (Å²) in [5.41, 5.74) is 1.76. The lowest BCUT2D eigenvalue weighted by molar-refractivity contribution is -0.142. The highest BCUT2D eigenvalue weighted by Crippen LogP contribution is 2.36. The van der Waals surface area contributed by atoms with Crippen LogP contribution in [0.2, 0.25) is 0 Å². The highest BCUT2D eigenvalue weighted by molar-refractivity contribution is 6.62. The van der Waals surface area contributed by atoms with Crippen LogP contribution in [0.5, 0.6) is 0 Å². The van der Waals surface area contributed by atoms with E-state index in [1.165, 1.54) is 7.11 Å². The van der Waals surface area contributed by atoms with Gasteiger partial charge < -0.3 is 14.0 Å². The first-order valence-electron chi connectivity index (χ1n) is 9.17. The van der Waals surface area contributed by atoms with Crippen LogP contribution in [-0.2, 0) is 25.3 Å². The summed E-state index contributed by atoms with van der Waals surface area (Å²) in [6.07, 6.45) is 2.26. The van der Waals surface area contributed by atoms with E-state index in [0.29, 0.717) is 12.1 Å². The summed E-state index contributed by atoms with van der Waals surface area (Å²) in [7, 11) is 0.932. The molecule has 0 radical (unpaired) electrons. The molecule has 1 atom stereocenters. The molecule has 1 aromatic carbocycles. The van der Waals surface area contributed by atoms with Gasteiger partial charge in [-0.15, -0.1) is 0 Å². The van der Waals surface area contributed by atoms with Crippen LogP contribution in [0.15, 0.2) is 48.7 Å². The molecule has 1 aliphatic rings. The van der Waals surface area contributed by atoms with Crippen molar-refractivity contribution in [2.75, 3.05) is 7.11 Å². The van der Waals surface area contributed by atoms with Crippen LogP contribution in [0.25, 0.3) is 0 Å². The van der Waals surface area contributed by atoms with E-state index in [1.54, 1.807) is 6.20 Å². The smallest absolute Gasteiger partial charge is 0.468 e. The third-order valence-electron chi connectivity index (χ3n) is 5.46. The number of aromatic nitrogens is 1. The van der Waals surface area contributed by atoms with Crippen LogP contribution in [0.4, 0.5) is 0 Å². The first-order valence-corrected chi connectivity index (χ1v) is 9.17. The summed E-state index contributed by atoms with van der Waals surface area (Å²) in [4.78, 5) is 16.8. The van der Waals surface area contributed by atoms with E-state index in [4.69, 9.17) is 14.0 Å². The van der Waals surface area contributed by atoms with Crippen molar-refractivity contribution >= 4 is 18.6 Å². The lowest BCUT2D eigenvalue weighted by atomic mass is 9.80. The van der Waals surface area contributed by atoms with E-state index in [9.17, 15) is 4.79 Å². The summed E-state index contributed by atoms with van der Waals surface area (Å²) in [6.45, 7) is 8.06. The summed E-state index contributed by atoms with van der Waals surface area (Å²) in [5.74, 6) is -0.750. The molecule has 1 unspecified atom stereocenters. The molecule has 0 N–H and O–H groups in total. The average Bonchev–Trinajstić information content (AvgIpc) is 2.87. The van der Waals surface area contributed by atoms with Crippen molar-refractivity contribution in [2.24, 2.45) is 0 Å². The minimum absolute atomic E-state index is 0.297. The highest BCUT2D eigenvalue weighted by Gasteiger charge is 2.51. The number of ether oxygens (including phenoxy) is 1. The van der Waals surface area contributed by atoms with Gasteiger partial charge in [-0.1, -0.05) is 36.4 Å². The van der Waals surface area contributed by atoms with E-state index in [-0.39, 0.29) is 5.97 Å². The normalized spacial score (nSPS) is 18.9. The molecule has 1 fully saturated rings. The number of benzene rings is 1. The summed E-state index contributed by atoms with van der Waals surface area (Å²) < 4.78 is 17.1. The van der Waals surface area contributed by atoms with Crippen LogP contribution in [0, 0.1) is 0 Å². The van der Waals surface area contributed by atoms with E-state index in [2.05, 4.69) is 4.98 Å². The van der Waals surface area contributed by atoms with Gasteiger partial charge in [-0.3, -0.25) is 9.78 Å². The van der Waals surface area contributed by atoms with Crippen molar-refractivity contribution in [1.82, 2.24) is 4.98 Å². The molecule has 3 rings (SSSR count). The number of nitrogens with zero attached hydrogens (tertiary/aromatic N) is 1. The molecule has 0 amide bonds. The van der Waals surface area contributed by atoms with Gasteiger partial charge in [0.15, 0.2) is 0 Å². The summed E-state index contributed by atoms with van der Waals surface area (Å²) in [5, 5.41) is 0. The van der Waals surface area contributed by atoms with Gasteiger partial charge in [0.2, 0.25) is 0 Å². The Morgan fingerprint density at radius 1 is 1.07 bits per heavy atom. The van der Waals surface area contributed by atoms with Gasteiger partial charge in [0, 0.05) is 11.7 Å². The molecule has 5 nitrogen and oxygen atoms in total. The van der Waals surface area contributed by atoms with Gasteiger partial charge in [0.25, 0.3) is 0 Å². The van der Waals surface area contributed by atoms with E-state index in [0.717, 1.165) is 11.0 Å². The van der Waals surface area contributed by atoms with Crippen LogP contribution in [-0.4, -0.2) is 36.4 Å². The van der Waals surface area contributed by atoms with Gasteiger partial charge >= 0.3 is 13.1 Å². The minimum Gasteiger partial charge on any atom is -0.468 e. The minimum atomic E-state index is -0.470. The van der Waals surface area contributed by atoms with Crippen molar-refractivity contribution in [3.63, 3.8) is 0 Å². The quantitative estimate of drug-likeness (QED) is 0.601. The average molecular weight is 367 g/mol. The number of hydrogen-bond donors (Lipinski definition) is 0. The molecule has 6 heteroatoms. The van der Waals surface area contributed by atoms with Crippen LogP contribution >= 0.6 is 0 Å². The maximum atomic E-state index is 12.3. The molecule has 2 aromatic rings. The van der Waals surface area contributed by atoms with Crippen molar-refractivity contribution in [2.45, 2.75) is 51.2 Å². The molecule has 1 aromatic heterocycles. The van der Waals surface area contributed by atoms with Crippen molar-refractivity contribution < 1.29 is 18.8 Å². The van der Waals surface area contributed by atoms with Crippen molar-refractivity contribution in [1.29, 1.82) is 0 Å². The van der Waals surface area contributed by atoms with Crippen molar-refractivity contribution in [3.8, 4) is 0 Å². The Bertz CT molecular complexity index is 774. The van der Waals surface area contributed by atoms with Crippen LogP contribution < -0.4 is 5.46 Å². The zero-order valence-corrected chi connectivity index (χ0v) is 16.6. The molecule has 1 saturated heterocycles. The zero-order valence-electron chi connectivity index (χ0n) is 16.6. The number of hydrogen-bond acceptors (Lipinski definition) is 5. The van der Waals surface area contributed by atoms with Crippen LogP contribution in [0.3, 0.4) is 0 Å². The Morgan fingerprint density at radius 3 is 2.22 bits per heavy atom. The SMILES string of the molecule is COC(=O)C(Cc1ccccc1)c1ccc(B2OC(C)(C)C(C)(C)O2)cn1. The number of pyridine rings is 1. The molecule has 27 heavy (non-hydrogen) atoms. The molecule has 0 bridgehead atoms. The first kappa shape index (κ1) is 19.6. The molecule has 0 aliphatic carbocycles. The van der Waals surface area contributed by atoms with Gasteiger partial charge in [0.1, 0.15) is 5.92 Å². The Labute approximate surface area is 161 Å². The molecule has 0 spiro atoms. The lowest BCUT2D eigenvalue weighted by Crippen LogP contribution is -2.41. The number of methoxy groups -OCH3 is 1. The highest BCUT2D eigenvalue weighted by atomic mass is 16.7. The number of rotatable bonds is 5. The van der Waals surface area contributed by atoms with Gasteiger partial charge in [-0.2, -0.15) is 0 Å². The fourth-order valence-corrected chi connectivity index (χ4v) is 3.04. The topological polar surface area (TPSA) is 57.7 Å². The van der Waals surface area contributed by atoms with E-state index >= 15 is 0 Å². The molecule has 1 aliphatic heterocycles. The Kier molecular flexibility index (Phi) is 5.40. The summed E-state index contributed by atoms with van der Waals surface area (Å²) >= 11 is 0. The number of carbonyl (C=O) groups excluding carboxylic acids is 1. The predicted molar refractivity (Wildman–Crippen MR) is 105 cm³/mol. The fraction of sp³-hybridized carbons (Fsp3) is 0.429. The molecular formula is C21H26BNO4. The maximum absolute atomic E-state index is 12.3. The second kappa shape index (κ2) is 7.45. The van der Waals surface area contributed by atoms with Gasteiger partial charge in [0.05, 0.1) is 24.0 Å². The first-order chi connectivity index (χ1) is 12.7. The van der Waals surface area contributed by atoms with E-state index in [1.807, 2.05) is 70.2 Å². The zero-order chi connectivity index (χ0) is 19.7. The second-order valence-corrected chi connectivity index (χ2v) is 7.87. The third kappa shape index (κ3) is 4.07. The number of carbonyl (C=O) groups is 1. The standard InChI is InChI=1S/C21H26BNO4/c1-20(2)21(3,4)27-22(26-20)16-11-12-18(23-14-16)17(19(24)25-5)13-15-9-7-6-8-10-15/h6-12,14,17H,13H2,1-5H3. The fourth-order valence-electron chi connectivity index (χ4n) is 3.04. The third-order valence-corrected chi connectivity index (χ3v) is 5.46. The second-order valence-electron chi connectivity index (χ2n) is 7.87. The Balaban J connectivity index is 1.81. The van der Waals surface area contributed by atoms with Crippen molar-refractivity contribution in [3.05, 3.63) is 59.9 Å². The van der Waals surface area contributed by atoms with Crippen LogP contribution in [0.1, 0.15) is 44.9 Å². The molecule has 142 valence electrons. The molecule has 2 heterocycles. The Hall–Kier alpha value is -2.18. The Morgan fingerprint density at radius 2 is 1.70 bits per heavy atom. The molecule has 0 saturated carbocycles. The lowest BCUT2D eigenvalue weighted by Gasteiger charge is -2.32. The maximum Gasteiger partial charge on any atom is 0.496 e. The largest absolute Gasteiger partial charge is 0.496 e.